The third-order valence-corrected chi connectivity index (χ3v) is 3.26. The topological polar surface area (TPSA) is 0 Å². The molecule has 1 nitrogen and oxygen atoms in total. The second-order valence-corrected chi connectivity index (χ2v) is 4.47. The summed E-state index contributed by atoms with van der Waals surface area (Å²) >= 11 is 5.85. The normalized spacial score (nSPS) is 10.9. The molecule has 86 valence electrons. The second kappa shape index (κ2) is 6.51. The summed E-state index contributed by atoms with van der Waals surface area (Å²) in [5, 5.41) is 0.816. The van der Waals surface area contributed by atoms with Crippen LogP contribution < -0.4 is 17.0 Å². The van der Waals surface area contributed by atoms with Gasteiger partial charge >= 0.3 is 0 Å². The van der Waals surface area contributed by atoms with Crippen LogP contribution in [-0.4, -0.2) is 24.6 Å². The van der Waals surface area contributed by atoms with Gasteiger partial charge in [-0.05, 0) is 26.0 Å². The van der Waals surface area contributed by atoms with Crippen LogP contribution in [0.5, 0.6) is 0 Å². The zero-order chi connectivity index (χ0) is 10.6. The van der Waals surface area contributed by atoms with Gasteiger partial charge in [-0.1, -0.05) is 23.7 Å². The molecule has 0 aliphatic carbocycles. The lowest BCUT2D eigenvalue weighted by Crippen LogP contribution is -3.00. The highest BCUT2D eigenvalue weighted by molar-refractivity contribution is 6.30. The first-order valence-corrected chi connectivity index (χ1v) is 5.55. The number of hydrogen-bond acceptors (Lipinski definition) is 0. The van der Waals surface area contributed by atoms with Crippen molar-refractivity contribution in [2.75, 3.05) is 20.1 Å². The Hall–Kier alpha value is -0.0500. The van der Waals surface area contributed by atoms with Crippen molar-refractivity contribution < 1.29 is 21.5 Å². The van der Waals surface area contributed by atoms with E-state index >= 15 is 0 Å². The molecule has 0 unspecified atom stereocenters. The minimum absolute atomic E-state index is 0. The van der Waals surface area contributed by atoms with E-state index in [-0.39, 0.29) is 17.0 Å². The van der Waals surface area contributed by atoms with Gasteiger partial charge in [-0.3, -0.25) is 0 Å². The first kappa shape index (κ1) is 14.9. The van der Waals surface area contributed by atoms with Crippen LogP contribution in [0.3, 0.4) is 0 Å². The first-order valence-electron chi connectivity index (χ1n) is 5.17. The molecule has 0 N–H and O–H groups in total. The third kappa shape index (κ3) is 4.54. The molecule has 0 bridgehead atoms. The highest BCUT2D eigenvalue weighted by Crippen LogP contribution is 2.14. The molecular formula is C12H19BrClN. The summed E-state index contributed by atoms with van der Waals surface area (Å²) in [6.07, 6.45) is 0. The van der Waals surface area contributed by atoms with Gasteiger partial charge < -0.3 is 21.5 Å². The Bertz CT molecular complexity index is 280. The monoisotopic (exact) mass is 291 g/mol. The molecular weight excluding hydrogens is 273 g/mol. The lowest BCUT2D eigenvalue weighted by atomic mass is 10.2. The van der Waals surface area contributed by atoms with Crippen LogP contribution in [0, 0.1) is 0 Å². The maximum atomic E-state index is 5.85. The molecule has 0 saturated carbocycles. The lowest BCUT2D eigenvalue weighted by Gasteiger charge is -2.32. The molecule has 0 saturated heterocycles. The number of nitrogens with zero attached hydrogens (tertiary/aromatic N) is 1. The molecule has 0 aliphatic rings. The van der Waals surface area contributed by atoms with E-state index in [0.29, 0.717) is 0 Å². The summed E-state index contributed by atoms with van der Waals surface area (Å²) in [7, 11) is 2.29. The number of benzene rings is 1. The van der Waals surface area contributed by atoms with Crippen molar-refractivity contribution in [3.05, 3.63) is 34.9 Å². The van der Waals surface area contributed by atoms with E-state index in [0.717, 1.165) is 16.1 Å². The van der Waals surface area contributed by atoms with E-state index in [2.05, 4.69) is 33.0 Å². The summed E-state index contributed by atoms with van der Waals surface area (Å²) in [5.41, 5.74) is 1.36. The van der Waals surface area contributed by atoms with Crippen molar-refractivity contribution >= 4 is 11.6 Å². The average Bonchev–Trinajstić information content (AvgIpc) is 2.21. The second-order valence-electron chi connectivity index (χ2n) is 4.04. The number of rotatable bonds is 4. The van der Waals surface area contributed by atoms with E-state index in [9.17, 15) is 0 Å². The molecule has 15 heavy (non-hydrogen) atoms. The van der Waals surface area contributed by atoms with E-state index in [1.807, 2.05) is 12.1 Å². The van der Waals surface area contributed by atoms with Gasteiger partial charge in [0.1, 0.15) is 6.54 Å². The van der Waals surface area contributed by atoms with E-state index in [1.54, 1.807) is 0 Å². The van der Waals surface area contributed by atoms with E-state index in [4.69, 9.17) is 11.6 Å². The first-order chi connectivity index (χ1) is 6.59. The molecule has 1 rings (SSSR count). The molecule has 0 radical (unpaired) electrons. The summed E-state index contributed by atoms with van der Waals surface area (Å²) in [6.45, 7) is 7.89. The molecule has 0 spiro atoms. The van der Waals surface area contributed by atoms with Crippen LogP contribution in [0.2, 0.25) is 5.02 Å². The molecule has 0 amide bonds. The highest BCUT2D eigenvalue weighted by Gasteiger charge is 2.16. The number of quaternary nitrogens is 1. The van der Waals surface area contributed by atoms with E-state index < -0.39 is 0 Å². The summed E-state index contributed by atoms with van der Waals surface area (Å²) in [6, 6.07) is 8.16. The molecule has 0 aliphatic heterocycles. The van der Waals surface area contributed by atoms with Crippen molar-refractivity contribution in [3.63, 3.8) is 0 Å². The molecule has 0 heterocycles. The fourth-order valence-electron chi connectivity index (χ4n) is 1.48. The Labute approximate surface area is 108 Å². The van der Waals surface area contributed by atoms with Crippen LogP contribution in [-0.2, 0) is 6.54 Å². The third-order valence-electron chi connectivity index (χ3n) is 3.00. The van der Waals surface area contributed by atoms with Gasteiger partial charge in [-0.2, -0.15) is 0 Å². The fraction of sp³-hybridized carbons (Fsp3) is 0.500. The van der Waals surface area contributed by atoms with Crippen LogP contribution in [0.4, 0.5) is 0 Å². The van der Waals surface area contributed by atoms with Gasteiger partial charge in [0.2, 0.25) is 0 Å². The van der Waals surface area contributed by atoms with Crippen molar-refractivity contribution in [1.82, 2.24) is 0 Å². The predicted octanol–water partition coefficient (Wildman–Crippen LogP) is 0.330. The molecule has 3 heteroatoms. The fourth-order valence-corrected chi connectivity index (χ4v) is 1.60. The Kier molecular flexibility index (Phi) is 6.49. The predicted molar refractivity (Wildman–Crippen MR) is 62.4 cm³/mol. The van der Waals surface area contributed by atoms with Gasteiger partial charge in [-0.25, -0.2) is 0 Å². The maximum Gasteiger partial charge on any atom is 0.104 e. The highest BCUT2D eigenvalue weighted by atomic mass is 79.9. The smallest absolute Gasteiger partial charge is 0.104 e. The Morgan fingerprint density at radius 1 is 1.07 bits per heavy atom. The average molecular weight is 293 g/mol. The Morgan fingerprint density at radius 3 is 1.93 bits per heavy atom. The summed E-state index contributed by atoms with van der Waals surface area (Å²) in [5.74, 6) is 0. The minimum Gasteiger partial charge on any atom is -1.00 e. The zero-order valence-electron chi connectivity index (χ0n) is 9.63. The molecule has 1 aromatic rings. The largest absolute Gasteiger partial charge is 1.00 e. The Balaban J connectivity index is 0.00000196. The van der Waals surface area contributed by atoms with Crippen molar-refractivity contribution in [2.45, 2.75) is 20.4 Å². The van der Waals surface area contributed by atoms with Crippen LogP contribution in [0.15, 0.2) is 24.3 Å². The number of hydrogen-bond donors (Lipinski definition) is 0. The molecule has 1 aromatic carbocycles. The number of halogens is 2. The van der Waals surface area contributed by atoms with Crippen molar-refractivity contribution in [1.29, 1.82) is 0 Å². The molecule has 0 aromatic heterocycles. The van der Waals surface area contributed by atoms with Crippen LogP contribution in [0.25, 0.3) is 0 Å². The quantitative estimate of drug-likeness (QED) is 0.702. The van der Waals surface area contributed by atoms with E-state index in [1.165, 1.54) is 18.7 Å². The Morgan fingerprint density at radius 2 is 1.53 bits per heavy atom. The summed E-state index contributed by atoms with van der Waals surface area (Å²) in [4.78, 5) is 0. The minimum atomic E-state index is 0. The molecule has 0 fully saturated rings. The van der Waals surface area contributed by atoms with Crippen molar-refractivity contribution in [2.24, 2.45) is 0 Å². The SMILES string of the molecule is CC[N+](C)(CC)Cc1ccc(Cl)cc1.[Br-]. The van der Waals surface area contributed by atoms with Crippen molar-refractivity contribution in [3.8, 4) is 0 Å². The van der Waals surface area contributed by atoms with Crippen LogP contribution in [0.1, 0.15) is 19.4 Å². The van der Waals surface area contributed by atoms with Gasteiger partial charge in [0.05, 0.1) is 20.1 Å². The van der Waals surface area contributed by atoms with Crippen LogP contribution >= 0.6 is 11.6 Å². The summed E-state index contributed by atoms with van der Waals surface area (Å²) < 4.78 is 1.08. The van der Waals surface area contributed by atoms with Gasteiger partial charge in [0.25, 0.3) is 0 Å². The van der Waals surface area contributed by atoms with Gasteiger partial charge in [0.15, 0.2) is 0 Å². The molecule has 0 atom stereocenters. The lowest BCUT2D eigenvalue weighted by molar-refractivity contribution is -0.919. The zero-order valence-corrected chi connectivity index (χ0v) is 12.0. The van der Waals surface area contributed by atoms with Gasteiger partial charge in [0, 0.05) is 10.6 Å². The maximum absolute atomic E-state index is 5.85. The van der Waals surface area contributed by atoms with Gasteiger partial charge in [-0.15, -0.1) is 0 Å². The standard InChI is InChI=1S/C12H19ClN.BrH/c1-4-14(3,5-2)10-11-6-8-12(13)9-7-11;/h6-9H,4-5,10H2,1-3H3;1H/q+1;/p-1.